The minimum Gasteiger partial charge on any atom is -0.497 e. The zero-order chi connectivity index (χ0) is 18.5. The summed E-state index contributed by atoms with van der Waals surface area (Å²) in [7, 11) is 4.68. The summed E-state index contributed by atoms with van der Waals surface area (Å²) in [5.41, 5.74) is 1.14. The van der Waals surface area contributed by atoms with Crippen molar-refractivity contribution < 1.29 is 19.0 Å². The zero-order valence-corrected chi connectivity index (χ0v) is 14.6. The first-order valence-electron chi connectivity index (χ1n) is 7.75. The fraction of sp³-hybridized carbons (Fsp3) is 0.167. The summed E-state index contributed by atoms with van der Waals surface area (Å²) in [4.78, 5) is 16.6. The number of H-pyrrole nitrogens is 1. The van der Waals surface area contributed by atoms with Crippen molar-refractivity contribution in [2.45, 2.75) is 0 Å². The number of aromatic nitrogens is 3. The van der Waals surface area contributed by atoms with Crippen LogP contribution in [0.2, 0.25) is 0 Å². The number of anilines is 1. The minimum atomic E-state index is -0.337. The molecule has 0 bridgehead atoms. The van der Waals surface area contributed by atoms with Crippen molar-refractivity contribution in [3.05, 3.63) is 48.0 Å². The number of nitrogens with zero attached hydrogens (tertiary/aromatic N) is 2. The van der Waals surface area contributed by atoms with Crippen LogP contribution in [0.1, 0.15) is 10.4 Å². The molecule has 8 nitrogen and oxygen atoms in total. The molecule has 0 aliphatic rings. The van der Waals surface area contributed by atoms with Gasteiger partial charge in [0, 0.05) is 11.6 Å². The van der Waals surface area contributed by atoms with E-state index in [0.717, 1.165) is 0 Å². The normalized spacial score (nSPS) is 10.3. The van der Waals surface area contributed by atoms with Crippen molar-refractivity contribution in [3.8, 4) is 28.6 Å². The average Bonchev–Trinajstić information content (AvgIpc) is 3.15. The Balaban J connectivity index is 1.81. The Morgan fingerprint density at radius 1 is 1.00 bits per heavy atom. The van der Waals surface area contributed by atoms with Crippen LogP contribution in [0.3, 0.4) is 0 Å². The van der Waals surface area contributed by atoms with E-state index < -0.39 is 0 Å². The molecule has 0 aliphatic carbocycles. The summed E-state index contributed by atoms with van der Waals surface area (Å²) >= 11 is 0. The van der Waals surface area contributed by atoms with E-state index in [4.69, 9.17) is 14.2 Å². The minimum absolute atomic E-state index is 0.158. The number of carbonyl (C=O) groups excluding carboxylic acids is 1. The van der Waals surface area contributed by atoms with Gasteiger partial charge >= 0.3 is 0 Å². The molecule has 26 heavy (non-hydrogen) atoms. The van der Waals surface area contributed by atoms with Gasteiger partial charge in [0.25, 0.3) is 5.91 Å². The van der Waals surface area contributed by atoms with Crippen LogP contribution in [0, 0.1) is 0 Å². The molecule has 0 fully saturated rings. The standard InChI is InChI=1S/C18H18N4O4/c1-24-12-6-4-5-11(9-12)17(23)20-18-19-16(21-22-18)14-8-7-13(25-2)10-15(14)26-3/h4-10H,1-3H3,(H2,19,20,21,22,23). The number of ether oxygens (including phenoxy) is 3. The Hall–Kier alpha value is -3.55. The Labute approximate surface area is 150 Å². The Morgan fingerprint density at radius 2 is 1.77 bits per heavy atom. The zero-order valence-electron chi connectivity index (χ0n) is 14.6. The smallest absolute Gasteiger partial charge is 0.258 e. The Morgan fingerprint density at radius 3 is 2.50 bits per heavy atom. The molecule has 1 aromatic heterocycles. The van der Waals surface area contributed by atoms with Crippen molar-refractivity contribution in [1.29, 1.82) is 0 Å². The number of hydrogen-bond acceptors (Lipinski definition) is 6. The van der Waals surface area contributed by atoms with E-state index in [0.29, 0.717) is 34.2 Å². The van der Waals surface area contributed by atoms with Gasteiger partial charge in [0.1, 0.15) is 17.2 Å². The lowest BCUT2D eigenvalue weighted by atomic mass is 10.2. The van der Waals surface area contributed by atoms with Crippen LogP contribution in [-0.2, 0) is 0 Å². The number of aromatic amines is 1. The molecule has 3 rings (SSSR count). The SMILES string of the molecule is COc1cccc(C(=O)Nc2n[nH]c(-c3ccc(OC)cc3OC)n2)c1. The lowest BCUT2D eigenvalue weighted by molar-refractivity contribution is 0.102. The van der Waals surface area contributed by atoms with Crippen LogP contribution in [0.5, 0.6) is 17.2 Å². The van der Waals surface area contributed by atoms with Crippen molar-refractivity contribution in [3.63, 3.8) is 0 Å². The summed E-state index contributed by atoms with van der Waals surface area (Å²) < 4.78 is 15.7. The molecule has 0 radical (unpaired) electrons. The van der Waals surface area contributed by atoms with Gasteiger partial charge in [-0.2, -0.15) is 4.98 Å². The average molecular weight is 354 g/mol. The van der Waals surface area contributed by atoms with Crippen LogP contribution in [0.4, 0.5) is 5.95 Å². The van der Waals surface area contributed by atoms with Gasteiger partial charge < -0.3 is 14.2 Å². The van der Waals surface area contributed by atoms with Gasteiger partial charge in [-0.1, -0.05) is 6.07 Å². The summed E-state index contributed by atoms with van der Waals surface area (Å²) in [6, 6.07) is 12.1. The maximum atomic E-state index is 12.3. The molecule has 2 N–H and O–H groups in total. The molecule has 3 aromatic rings. The van der Waals surface area contributed by atoms with Crippen LogP contribution >= 0.6 is 0 Å². The largest absolute Gasteiger partial charge is 0.497 e. The summed E-state index contributed by atoms with van der Waals surface area (Å²) in [6.07, 6.45) is 0. The molecule has 1 amide bonds. The van der Waals surface area contributed by atoms with Crippen molar-refractivity contribution in [1.82, 2.24) is 15.2 Å². The van der Waals surface area contributed by atoms with Gasteiger partial charge in [-0.05, 0) is 30.3 Å². The Bertz CT molecular complexity index is 923. The molecule has 0 aliphatic heterocycles. The first-order valence-corrected chi connectivity index (χ1v) is 7.75. The number of rotatable bonds is 6. The van der Waals surface area contributed by atoms with Crippen LogP contribution in [0.25, 0.3) is 11.4 Å². The van der Waals surface area contributed by atoms with Crippen LogP contribution in [-0.4, -0.2) is 42.4 Å². The maximum absolute atomic E-state index is 12.3. The van der Waals surface area contributed by atoms with Gasteiger partial charge in [-0.15, -0.1) is 5.10 Å². The topological polar surface area (TPSA) is 98.4 Å². The fourth-order valence-corrected chi connectivity index (χ4v) is 2.37. The predicted octanol–water partition coefficient (Wildman–Crippen LogP) is 2.75. The van der Waals surface area contributed by atoms with Crippen LogP contribution < -0.4 is 19.5 Å². The molecule has 1 heterocycles. The molecule has 2 aromatic carbocycles. The molecule has 0 saturated carbocycles. The lowest BCUT2D eigenvalue weighted by Crippen LogP contribution is -2.13. The van der Waals surface area contributed by atoms with Gasteiger partial charge in [0.2, 0.25) is 5.95 Å². The summed E-state index contributed by atoms with van der Waals surface area (Å²) in [5.74, 6) is 2.12. The predicted molar refractivity (Wildman–Crippen MR) is 95.9 cm³/mol. The van der Waals surface area contributed by atoms with Crippen molar-refractivity contribution in [2.24, 2.45) is 0 Å². The monoisotopic (exact) mass is 354 g/mol. The molecular weight excluding hydrogens is 336 g/mol. The fourth-order valence-electron chi connectivity index (χ4n) is 2.37. The molecular formula is C18H18N4O4. The molecule has 0 atom stereocenters. The number of carbonyl (C=O) groups is 1. The molecule has 134 valence electrons. The summed E-state index contributed by atoms with van der Waals surface area (Å²) in [6.45, 7) is 0. The quantitative estimate of drug-likeness (QED) is 0.706. The second-order valence-corrected chi connectivity index (χ2v) is 5.26. The first-order chi connectivity index (χ1) is 12.6. The molecule has 0 saturated heterocycles. The number of hydrogen-bond donors (Lipinski definition) is 2. The highest BCUT2D eigenvalue weighted by molar-refractivity contribution is 6.03. The van der Waals surface area contributed by atoms with E-state index in [1.165, 1.54) is 0 Å². The molecule has 0 unspecified atom stereocenters. The van der Waals surface area contributed by atoms with E-state index in [-0.39, 0.29) is 11.9 Å². The lowest BCUT2D eigenvalue weighted by Gasteiger charge is -2.07. The van der Waals surface area contributed by atoms with Crippen molar-refractivity contribution in [2.75, 3.05) is 26.6 Å². The first kappa shape index (κ1) is 17.3. The highest BCUT2D eigenvalue weighted by Crippen LogP contribution is 2.31. The third-order valence-corrected chi connectivity index (χ3v) is 3.71. The van der Waals surface area contributed by atoms with Crippen LogP contribution in [0.15, 0.2) is 42.5 Å². The van der Waals surface area contributed by atoms with Crippen molar-refractivity contribution >= 4 is 11.9 Å². The van der Waals surface area contributed by atoms with Gasteiger partial charge in [0.05, 0.1) is 26.9 Å². The van der Waals surface area contributed by atoms with E-state index >= 15 is 0 Å². The van der Waals surface area contributed by atoms with E-state index in [1.807, 2.05) is 0 Å². The second-order valence-electron chi connectivity index (χ2n) is 5.26. The van der Waals surface area contributed by atoms with E-state index in [1.54, 1.807) is 63.8 Å². The third kappa shape index (κ3) is 3.59. The van der Waals surface area contributed by atoms with Gasteiger partial charge in [0.15, 0.2) is 5.82 Å². The molecule has 0 spiro atoms. The maximum Gasteiger partial charge on any atom is 0.258 e. The number of nitrogens with one attached hydrogen (secondary N) is 2. The molecule has 8 heteroatoms. The van der Waals surface area contributed by atoms with Gasteiger partial charge in [-0.25, -0.2) is 0 Å². The van der Waals surface area contributed by atoms with E-state index in [9.17, 15) is 4.79 Å². The highest BCUT2D eigenvalue weighted by Gasteiger charge is 2.14. The summed E-state index contributed by atoms with van der Waals surface area (Å²) in [5, 5.41) is 9.47. The van der Waals surface area contributed by atoms with E-state index in [2.05, 4.69) is 20.5 Å². The third-order valence-electron chi connectivity index (χ3n) is 3.71. The number of benzene rings is 2. The van der Waals surface area contributed by atoms with Gasteiger partial charge in [-0.3, -0.25) is 15.2 Å². The number of amides is 1. The second kappa shape index (κ2) is 7.56. The number of methoxy groups -OCH3 is 3. The highest BCUT2D eigenvalue weighted by atomic mass is 16.5. The Kier molecular flexibility index (Phi) is 5.02.